The van der Waals surface area contributed by atoms with E-state index in [1.54, 1.807) is 6.20 Å². The summed E-state index contributed by atoms with van der Waals surface area (Å²) in [6.07, 6.45) is 5.14. The second kappa shape index (κ2) is 5.55. The molecule has 1 aromatic rings. The molecule has 2 atom stereocenters. The fourth-order valence-electron chi connectivity index (χ4n) is 2.80. The predicted molar refractivity (Wildman–Crippen MR) is 71.4 cm³/mol. The third kappa shape index (κ3) is 2.85. The van der Waals surface area contributed by atoms with Crippen LogP contribution in [0.15, 0.2) is 12.4 Å². The van der Waals surface area contributed by atoms with Crippen LogP contribution in [-0.4, -0.2) is 21.6 Å². The number of amides is 2. The van der Waals surface area contributed by atoms with Crippen molar-refractivity contribution in [3.63, 3.8) is 0 Å². The maximum atomic E-state index is 12.0. The topological polar surface area (TPSA) is 64.0 Å². The van der Waals surface area contributed by atoms with Crippen LogP contribution in [0.2, 0.25) is 0 Å². The number of hydrogen-bond donors (Lipinski definition) is 1. The van der Waals surface area contributed by atoms with Crippen molar-refractivity contribution in [1.29, 1.82) is 0 Å². The van der Waals surface area contributed by atoms with Crippen molar-refractivity contribution in [2.45, 2.75) is 46.1 Å². The first-order valence-electron chi connectivity index (χ1n) is 6.89. The minimum Gasteiger partial charge on any atom is -0.296 e. The van der Waals surface area contributed by atoms with Crippen molar-refractivity contribution in [3.8, 4) is 0 Å². The zero-order chi connectivity index (χ0) is 14.0. The van der Waals surface area contributed by atoms with Gasteiger partial charge in [-0.25, -0.2) is 0 Å². The molecule has 1 saturated heterocycles. The molecule has 1 aliphatic rings. The molecule has 5 nitrogen and oxygen atoms in total. The SMILES string of the molecule is CCCn1cc(C2CC(=O)NC(=O)C2C(C)C)cn1. The van der Waals surface area contributed by atoms with E-state index in [2.05, 4.69) is 17.3 Å². The second-order valence-electron chi connectivity index (χ2n) is 5.53. The van der Waals surface area contributed by atoms with E-state index >= 15 is 0 Å². The standard InChI is InChI=1S/C14H21N3O2/c1-4-5-17-8-10(7-15-17)11-6-12(18)16-14(19)13(11)9(2)3/h7-9,11,13H,4-6H2,1-3H3,(H,16,18,19). The molecular weight excluding hydrogens is 242 g/mol. The maximum Gasteiger partial charge on any atom is 0.230 e. The van der Waals surface area contributed by atoms with Crippen molar-refractivity contribution >= 4 is 11.8 Å². The lowest BCUT2D eigenvalue weighted by molar-refractivity contribution is -0.138. The van der Waals surface area contributed by atoms with Gasteiger partial charge in [0.25, 0.3) is 0 Å². The molecule has 5 heteroatoms. The van der Waals surface area contributed by atoms with E-state index in [9.17, 15) is 9.59 Å². The predicted octanol–water partition coefficient (Wildman–Crippen LogP) is 1.70. The van der Waals surface area contributed by atoms with E-state index in [0.717, 1.165) is 18.5 Å². The molecule has 0 bridgehead atoms. The number of imide groups is 1. The summed E-state index contributed by atoms with van der Waals surface area (Å²) in [7, 11) is 0. The first-order chi connectivity index (χ1) is 9.02. The Bertz CT molecular complexity index is 479. The third-order valence-electron chi connectivity index (χ3n) is 3.66. The Morgan fingerprint density at radius 1 is 1.47 bits per heavy atom. The van der Waals surface area contributed by atoms with E-state index in [4.69, 9.17) is 0 Å². The molecule has 104 valence electrons. The minimum atomic E-state index is -0.185. The van der Waals surface area contributed by atoms with Gasteiger partial charge in [0.15, 0.2) is 0 Å². The molecule has 0 aromatic carbocycles. The van der Waals surface area contributed by atoms with Crippen LogP contribution in [0.1, 0.15) is 45.1 Å². The average Bonchev–Trinajstić information content (AvgIpc) is 2.76. The summed E-state index contributed by atoms with van der Waals surface area (Å²) < 4.78 is 1.88. The molecule has 1 aromatic heterocycles. The average molecular weight is 263 g/mol. The lowest BCUT2D eigenvalue weighted by Crippen LogP contribution is -2.46. The Hall–Kier alpha value is -1.65. The van der Waals surface area contributed by atoms with Gasteiger partial charge in [-0.15, -0.1) is 0 Å². The Morgan fingerprint density at radius 2 is 2.21 bits per heavy atom. The van der Waals surface area contributed by atoms with E-state index in [1.165, 1.54) is 0 Å². The first kappa shape index (κ1) is 13.8. The van der Waals surface area contributed by atoms with Gasteiger partial charge in [-0.2, -0.15) is 5.10 Å². The van der Waals surface area contributed by atoms with Crippen LogP contribution >= 0.6 is 0 Å². The molecule has 1 fully saturated rings. The van der Waals surface area contributed by atoms with Gasteiger partial charge in [-0.05, 0) is 17.9 Å². The van der Waals surface area contributed by atoms with Crippen LogP contribution in [0.3, 0.4) is 0 Å². The van der Waals surface area contributed by atoms with Gasteiger partial charge < -0.3 is 0 Å². The Morgan fingerprint density at radius 3 is 2.84 bits per heavy atom. The first-order valence-corrected chi connectivity index (χ1v) is 6.89. The molecule has 2 unspecified atom stereocenters. The summed E-state index contributed by atoms with van der Waals surface area (Å²) in [6.45, 7) is 6.99. The van der Waals surface area contributed by atoms with Crippen molar-refractivity contribution in [2.24, 2.45) is 11.8 Å². The summed E-state index contributed by atoms with van der Waals surface area (Å²) in [6, 6.07) is 0. The van der Waals surface area contributed by atoms with Crippen LogP contribution in [0.5, 0.6) is 0 Å². The molecule has 19 heavy (non-hydrogen) atoms. The van der Waals surface area contributed by atoms with Gasteiger partial charge in [0.05, 0.1) is 6.20 Å². The van der Waals surface area contributed by atoms with E-state index in [0.29, 0.717) is 6.42 Å². The number of aryl methyl sites for hydroxylation is 1. The number of carbonyl (C=O) groups is 2. The van der Waals surface area contributed by atoms with Gasteiger partial charge in [0.1, 0.15) is 0 Å². The molecule has 2 heterocycles. The monoisotopic (exact) mass is 263 g/mol. The largest absolute Gasteiger partial charge is 0.296 e. The number of piperidine rings is 1. The Kier molecular flexibility index (Phi) is 4.02. The lowest BCUT2D eigenvalue weighted by Gasteiger charge is -2.32. The smallest absolute Gasteiger partial charge is 0.230 e. The molecule has 0 radical (unpaired) electrons. The highest BCUT2D eigenvalue weighted by atomic mass is 16.2. The molecule has 1 aliphatic heterocycles. The highest BCUT2D eigenvalue weighted by Crippen LogP contribution is 2.35. The Labute approximate surface area is 113 Å². The minimum absolute atomic E-state index is 0.0492. The highest BCUT2D eigenvalue weighted by Gasteiger charge is 2.39. The van der Waals surface area contributed by atoms with E-state index in [-0.39, 0.29) is 29.6 Å². The number of hydrogen-bond acceptors (Lipinski definition) is 3. The quantitative estimate of drug-likeness (QED) is 0.841. The molecule has 2 rings (SSSR count). The van der Waals surface area contributed by atoms with Gasteiger partial charge in [0.2, 0.25) is 11.8 Å². The normalized spacial score (nSPS) is 23.8. The number of nitrogens with one attached hydrogen (secondary N) is 1. The second-order valence-corrected chi connectivity index (χ2v) is 5.53. The van der Waals surface area contributed by atoms with Crippen molar-refractivity contribution in [1.82, 2.24) is 15.1 Å². The van der Waals surface area contributed by atoms with Crippen LogP contribution in [-0.2, 0) is 16.1 Å². The van der Waals surface area contributed by atoms with Crippen molar-refractivity contribution in [3.05, 3.63) is 18.0 Å². The number of carbonyl (C=O) groups excluding carboxylic acids is 2. The van der Waals surface area contributed by atoms with Gasteiger partial charge in [-0.3, -0.25) is 19.6 Å². The molecule has 2 amide bonds. The number of nitrogens with zero attached hydrogens (tertiary/aromatic N) is 2. The van der Waals surface area contributed by atoms with E-state index in [1.807, 2.05) is 24.7 Å². The van der Waals surface area contributed by atoms with Crippen LogP contribution < -0.4 is 5.32 Å². The van der Waals surface area contributed by atoms with Crippen molar-refractivity contribution < 1.29 is 9.59 Å². The molecule has 0 aliphatic carbocycles. The summed E-state index contributed by atoms with van der Waals surface area (Å²) in [5, 5.41) is 6.74. The number of rotatable bonds is 4. The number of aromatic nitrogens is 2. The third-order valence-corrected chi connectivity index (χ3v) is 3.66. The molecule has 0 saturated carbocycles. The Balaban J connectivity index is 2.27. The van der Waals surface area contributed by atoms with Crippen LogP contribution in [0, 0.1) is 11.8 Å². The van der Waals surface area contributed by atoms with Gasteiger partial charge in [0, 0.05) is 31.0 Å². The lowest BCUT2D eigenvalue weighted by atomic mass is 9.75. The highest BCUT2D eigenvalue weighted by molar-refractivity contribution is 5.99. The van der Waals surface area contributed by atoms with Crippen molar-refractivity contribution in [2.75, 3.05) is 0 Å². The molecular formula is C14H21N3O2. The van der Waals surface area contributed by atoms with Gasteiger partial charge >= 0.3 is 0 Å². The summed E-state index contributed by atoms with van der Waals surface area (Å²) >= 11 is 0. The maximum absolute atomic E-state index is 12.0. The van der Waals surface area contributed by atoms with Gasteiger partial charge in [-0.1, -0.05) is 20.8 Å². The zero-order valence-electron chi connectivity index (χ0n) is 11.7. The molecule has 1 N–H and O–H groups in total. The zero-order valence-corrected chi connectivity index (χ0v) is 11.7. The van der Waals surface area contributed by atoms with Crippen LogP contribution in [0.25, 0.3) is 0 Å². The fraction of sp³-hybridized carbons (Fsp3) is 0.643. The molecule has 0 spiro atoms. The fourth-order valence-corrected chi connectivity index (χ4v) is 2.80. The summed E-state index contributed by atoms with van der Waals surface area (Å²) in [5.41, 5.74) is 0.996. The van der Waals surface area contributed by atoms with E-state index < -0.39 is 0 Å². The summed E-state index contributed by atoms with van der Waals surface area (Å²) in [5.74, 6) is -0.342. The van der Waals surface area contributed by atoms with Crippen LogP contribution in [0.4, 0.5) is 0 Å². The summed E-state index contributed by atoms with van der Waals surface area (Å²) in [4.78, 5) is 23.6.